The average molecular weight is 229 g/mol. The van der Waals surface area contributed by atoms with E-state index in [0.717, 1.165) is 12.2 Å². The quantitative estimate of drug-likeness (QED) is 0.778. The molecule has 1 aliphatic heterocycles. The van der Waals surface area contributed by atoms with Gasteiger partial charge in [-0.2, -0.15) is 11.8 Å². The van der Waals surface area contributed by atoms with Gasteiger partial charge in [-0.15, -0.1) is 0 Å². The molecule has 3 heteroatoms. The maximum Gasteiger partial charge on any atom is 0.0621 e. The minimum atomic E-state index is 0.0338. The second kappa shape index (κ2) is 5.07. The zero-order valence-corrected chi connectivity index (χ0v) is 10.5. The lowest BCUT2D eigenvalue weighted by Gasteiger charge is -2.35. The predicted molar refractivity (Wildman–Crippen MR) is 66.4 cm³/mol. The Balaban J connectivity index is 1.89. The van der Waals surface area contributed by atoms with Crippen LogP contribution in [-0.2, 0) is 0 Å². The fraction of sp³-hybridized carbons (Fsp3) is 1.00. The van der Waals surface area contributed by atoms with Crippen molar-refractivity contribution >= 4 is 11.8 Å². The fourth-order valence-corrected chi connectivity index (χ4v) is 4.24. The number of thioether (sulfide) groups is 1. The number of hydrogen-bond acceptors (Lipinski definition) is 3. The average Bonchev–Trinajstić information content (AvgIpc) is 2.62. The predicted octanol–water partition coefficient (Wildman–Crippen LogP) is 2.17. The van der Waals surface area contributed by atoms with Gasteiger partial charge in [-0.1, -0.05) is 26.2 Å². The van der Waals surface area contributed by atoms with Crippen LogP contribution < -0.4 is 5.32 Å². The van der Waals surface area contributed by atoms with Gasteiger partial charge < -0.3 is 10.4 Å². The first-order chi connectivity index (χ1) is 7.24. The lowest BCUT2D eigenvalue weighted by molar-refractivity contribution is 0.152. The van der Waals surface area contributed by atoms with Crippen molar-refractivity contribution in [3.63, 3.8) is 0 Å². The van der Waals surface area contributed by atoms with E-state index in [0.29, 0.717) is 17.9 Å². The lowest BCUT2D eigenvalue weighted by Crippen LogP contribution is -2.54. The molecule has 0 spiro atoms. The molecule has 2 unspecified atom stereocenters. The van der Waals surface area contributed by atoms with Crippen LogP contribution in [0.15, 0.2) is 0 Å². The monoisotopic (exact) mass is 229 g/mol. The van der Waals surface area contributed by atoms with E-state index in [1.807, 2.05) is 11.8 Å². The largest absolute Gasteiger partial charge is 0.394 e. The van der Waals surface area contributed by atoms with E-state index in [9.17, 15) is 5.11 Å². The molecule has 1 saturated carbocycles. The molecular weight excluding hydrogens is 206 g/mol. The number of nitrogens with one attached hydrogen (secondary N) is 1. The third-order valence-electron chi connectivity index (χ3n) is 3.74. The molecule has 1 heterocycles. The number of aliphatic hydroxyl groups excluding tert-OH is 1. The third kappa shape index (κ3) is 2.89. The molecule has 2 fully saturated rings. The summed E-state index contributed by atoms with van der Waals surface area (Å²) in [5.41, 5.74) is 0.0338. The van der Waals surface area contributed by atoms with E-state index in [-0.39, 0.29) is 5.54 Å². The maximum absolute atomic E-state index is 9.59. The van der Waals surface area contributed by atoms with Crippen molar-refractivity contribution in [3.8, 4) is 0 Å². The Morgan fingerprint density at radius 1 is 1.33 bits per heavy atom. The van der Waals surface area contributed by atoms with Crippen LogP contribution in [0.3, 0.4) is 0 Å². The first-order valence-corrected chi connectivity index (χ1v) is 7.29. The summed E-state index contributed by atoms with van der Waals surface area (Å²) >= 11 is 1.99. The van der Waals surface area contributed by atoms with Crippen LogP contribution >= 0.6 is 11.8 Å². The van der Waals surface area contributed by atoms with Crippen LogP contribution in [0, 0.1) is 0 Å². The minimum absolute atomic E-state index is 0.0338. The van der Waals surface area contributed by atoms with E-state index < -0.39 is 0 Å². The van der Waals surface area contributed by atoms with E-state index >= 15 is 0 Å². The van der Waals surface area contributed by atoms with E-state index in [1.165, 1.54) is 32.1 Å². The lowest BCUT2D eigenvalue weighted by atomic mass is 9.90. The number of aliphatic hydroxyl groups is 1. The molecule has 0 aromatic carbocycles. The highest BCUT2D eigenvalue weighted by atomic mass is 32.2. The van der Waals surface area contributed by atoms with Gasteiger partial charge in [0.25, 0.3) is 0 Å². The van der Waals surface area contributed by atoms with Crippen LogP contribution in [0.1, 0.15) is 45.4 Å². The third-order valence-corrected chi connectivity index (χ3v) is 5.20. The van der Waals surface area contributed by atoms with Crippen molar-refractivity contribution in [2.24, 2.45) is 0 Å². The van der Waals surface area contributed by atoms with E-state index in [2.05, 4.69) is 12.2 Å². The Hall–Kier alpha value is 0.270. The molecule has 0 amide bonds. The zero-order valence-electron chi connectivity index (χ0n) is 9.67. The highest BCUT2D eigenvalue weighted by Crippen LogP contribution is 2.35. The zero-order chi connectivity index (χ0) is 10.7. The maximum atomic E-state index is 9.59. The summed E-state index contributed by atoms with van der Waals surface area (Å²) in [5.74, 6) is 1.08. The number of hydrogen-bond donors (Lipinski definition) is 2. The molecule has 2 atom stereocenters. The second-order valence-electron chi connectivity index (χ2n) is 5.24. The van der Waals surface area contributed by atoms with Crippen molar-refractivity contribution in [1.82, 2.24) is 5.32 Å². The highest BCUT2D eigenvalue weighted by molar-refractivity contribution is 8.00. The van der Waals surface area contributed by atoms with Crippen molar-refractivity contribution in [2.45, 2.75) is 62.3 Å². The number of rotatable bonds is 3. The first kappa shape index (κ1) is 11.7. The Morgan fingerprint density at radius 2 is 2.07 bits per heavy atom. The molecule has 1 aliphatic carbocycles. The van der Waals surface area contributed by atoms with Crippen LogP contribution in [-0.4, -0.2) is 34.3 Å². The van der Waals surface area contributed by atoms with Crippen molar-refractivity contribution in [3.05, 3.63) is 0 Å². The van der Waals surface area contributed by atoms with Crippen LogP contribution in [0.5, 0.6) is 0 Å². The first-order valence-electron chi connectivity index (χ1n) is 6.24. The molecule has 0 bridgehead atoms. The molecule has 15 heavy (non-hydrogen) atoms. The molecule has 2 nitrogen and oxygen atoms in total. The summed E-state index contributed by atoms with van der Waals surface area (Å²) < 4.78 is 0. The minimum Gasteiger partial charge on any atom is -0.394 e. The molecule has 2 N–H and O–H groups in total. The van der Waals surface area contributed by atoms with Gasteiger partial charge >= 0.3 is 0 Å². The van der Waals surface area contributed by atoms with Gasteiger partial charge in [-0.25, -0.2) is 0 Å². The van der Waals surface area contributed by atoms with E-state index in [1.54, 1.807) is 0 Å². The van der Waals surface area contributed by atoms with Gasteiger partial charge in [0, 0.05) is 17.0 Å². The summed E-state index contributed by atoms with van der Waals surface area (Å²) in [6.45, 7) is 2.57. The van der Waals surface area contributed by atoms with Gasteiger partial charge in [0.1, 0.15) is 0 Å². The summed E-state index contributed by atoms with van der Waals surface area (Å²) in [6.07, 6.45) is 7.87. The Bertz CT molecular complexity index is 206. The van der Waals surface area contributed by atoms with Crippen molar-refractivity contribution < 1.29 is 5.11 Å². The van der Waals surface area contributed by atoms with Crippen molar-refractivity contribution in [1.29, 1.82) is 0 Å². The van der Waals surface area contributed by atoms with E-state index in [4.69, 9.17) is 0 Å². The Labute approximate surface area is 97.2 Å². The topological polar surface area (TPSA) is 32.3 Å². The van der Waals surface area contributed by atoms with Crippen LogP contribution in [0.2, 0.25) is 0 Å². The summed E-state index contributed by atoms with van der Waals surface area (Å²) in [4.78, 5) is 0. The van der Waals surface area contributed by atoms with Crippen molar-refractivity contribution in [2.75, 3.05) is 12.4 Å². The van der Waals surface area contributed by atoms with Gasteiger partial charge in [-0.3, -0.25) is 0 Å². The Kier molecular flexibility index (Phi) is 3.97. The van der Waals surface area contributed by atoms with Gasteiger partial charge in [0.2, 0.25) is 0 Å². The SMILES string of the molecule is CC1CC(CO)(NC2CCCCC2)CS1. The van der Waals surface area contributed by atoms with Crippen LogP contribution in [0.25, 0.3) is 0 Å². The fourth-order valence-electron chi connectivity index (χ4n) is 2.91. The summed E-state index contributed by atoms with van der Waals surface area (Å²) in [5, 5.41) is 14.0. The van der Waals surface area contributed by atoms with Crippen LogP contribution in [0.4, 0.5) is 0 Å². The van der Waals surface area contributed by atoms with Gasteiger partial charge in [-0.05, 0) is 19.3 Å². The molecular formula is C12H23NOS. The molecule has 0 aromatic heterocycles. The van der Waals surface area contributed by atoms with Gasteiger partial charge in [0.05, 0.1) is 12.1 Å². The van der Waals surface area contributed by atoms with Gasteiger partial charge in [0.15, 0.2) is 0 Å². The smallest absolute Gasteiger partial charge is 0.0621 e. The molecule has 88 valence electrons. The summed E-state index contributed by atoms with van der Waals surface area (Å²) in [6, 6.07) is 0.664. The second-order valence-corrected chi connectivity index (χ2v) is 6.67. The molecule has 2 rings (SSSR count). The highest BCUT2D eigenvalue weighted by Gasteiger charge is 2.38. The Morgan fingerprint density at radius 3 is 2.60 bits per heavy atom. The summed E-state index contributed by atoms with van der Waals surface area (Å²) in [7, 11) is 0. The molecule has 2 aliphatic rings. The molecule has 0 aromatic rings. The normalized spacial score (nSPS) is 38.4. The standard InChI is InChI=1S/C12H23NOS/c1-10-7-12(8-14,9-15-10)13-11-5-3-2-4-6-11/h10-11,13-14H,2-9H2,1H3. The molecule has 1 saturated heterocycles. The molecule has 0 radical (unpaired) electrons.